The summed E-state index contributed by atoms with van der Waals surface area (Å²) in [4.78, 5) is 12.6. The number of carbonyl (C=O) groups is 1. The van der Waals surface area contributed by atoms with Crippen LogP contribution in [0.3, 0.4) is 0 Å². The van der Waals surface area contributed by atoms with Gasteiger partial charge in [-0.25, -0.2) is 4.79 Å². The van der Waals surface area contributed by atoms with Gasteiger partial charge in [0.15, 0.2) is 11.5 Å². The molecule has 0 radical (unpaired) electrons. The molecule has 35 heavy (non-hydrogen) atoms. The molecule has 1 aromatic rings. The number of fused-ring (bicyclic) bond motifs is 1. The number of anilines is 1. The van der Waals surface area contributed by atoms with Gasteiger partial charge in [0.25, 0.3) is 0 Å². The second-order valence-corrected chi connectivity index (χ2v) is 10.8. The molecule has 3 N–H and O–H groups in total. The molecule has 0 saturated heterocycles. The predicted octanol–water partition coefficient (Wildman–Crippen LogP) is 4.10. The molecule has 4 rings (SSSR count). The number of cyclic esters (lactones) is 1. The minimum atomic E-state index is -0.552. The number of methoxy groups -OCH3 is 2. The minimum Gasteiger partial charge on any atom is -0.493 e. The summed E-state index contributed by atoms with van der Waals surface area (Å²) in [6.07, 6.45) is 5.24. The summed E-state index contributed by atoms with van der Waals surface area (Å²) in [5, 5.41) is 24.7. The molecule has 1 aromatic carbocycles. The average molecular weight is 486 g/mol. The fourth-order valence-electron chi connectivity index (χ4n) is 6.92. The zero-order valence-corrected chi connectivity index (χ0v) is 21.3. The number of aliphatic hydroxyl groups is 2. The summed E-state index contributed by atoms with van der Waals surface area (Å²) in [5.41, 5.74) is 1.91. The van der Waals surface area contributed by atoms with E-state index >= 15 is 0 Å². The van der Waals surface area contributed by atoms with E-state index in [1.807, 2.05) is 31.2 Å². The van der Waals surface area contributed by atoms with Crippen LogP contribution >= 0.6 is 0 Å². The van der Waals surface area contributed by atoms with Crippen molar-refractivity contribution < 1.29 is 29.2 Å². The van der Waals surface area contributed by atoms with Crippen molar-refractivity contribution in [2.75, 3.05) is 32.8 Å². The van der Waals surface area contributed by atoms with Gasteiger partial charge in [-0.15, -0.1) is 0 Å². The van der Waals surface area contributed by atoms with Gasteiger partial charge in [-0.1, -0.05) is 26.0 Å². The van der Waals surface area contributed by atoms with Gasteiger partial charge in [-0.3, -0.25) is 0 Å². The van der Waals surface area contributed by atoms with E-state index in [0.717, 1.165) is 24.9 Å². The van der Waals surface area contributed by atoms with Crippen molar-refractivity contribution in [2.24, 2.45) is 22.7 Å². The molecule has 6 unspecified atom stereocenters. The lowest BCUT2D eigenvalue weighted by Crippen LogP contribution is -2.58. The van der Waals surface area contributed by atoms with E-state index in [1.54, 1.807) is 14.2 Å². The number of esters is 1. The lowest BCUT2D eigenvalue weighted by atomic mass is 9.46. The van der Waals surface area contributed by atoms with Crippen molar-refractivity contribution in [3.05, 3.63) is 42.0 Å². The van der Waals surface area contributed by atoms with Crippen LogP contribution in [0.5, 0.6) is 11.5 Å². The third-order valence-electron chi connectivity index (χ3n) is 9.02. The smallest absolute Gasteiger partial charge is 0.336 e. The summed E-state index contributed by atoms with van der Waals surface area (Å²) in [5.74, 6) is 1.21. The molecule has 0 aromatic heterocycles. The molecule has 1 aliphatic heterocycles. The van der Waals surface area contributed by atoms with Gasteiger partial charge in [0.2, 0.25) is 0 Å². The lowest BCUT2D eigenvalue weighted by molar-refractivity contribution is -0.152. The summed E-state index contributed by atoms with van der Waals surface area (Å²) in [7, 11) is 3.19. The first kappa shape index (κ1) is 25.6. The third-order valence-corrected chi connectivity index (χ3v) is 9.02. The molecule has 2 saturated carbocycles. The molecule has 3 aliphatic rings. The van der Waals surface area contributed by atoms with E-state index in [-0.39, 0.29) is 42.5 Å². The van der Waals surface area contributed by atoms with Gasteiger partial charge in [-0.05, 0) is 67.6 Å². The molecule has 6 atom stereocenters. The van der Waals surface area contributed by atoms with Gasteiger partial charge in [0.1, 0.15) is 6.61 Å². The Morgan fingerprint density at radius 1 is 1.23 bits per heavy atom. The fourth-order valence-corrected chi connectivity index (χ4v) is 6.92. The summed E-state index contributed by atoms with van der Waals surface area (Å²) >= 11 is 0. The Labute approximate surface area is 208 Å². The molecular weight excluding hydrogens is 446 g/mol. The molecule has 192 valence electrons. The Kier molecular flexibility index (Phi) is 7.21. The number of benzene rings is 1. The van der Waals surface area contributed by atoms with E-state index in [2.05, 4.69) is 18.8 Å². The first-order chi connectivity index (χ1) is 16.7. The molecule has 0 bridgehead atoms. The lowest BCUT2D eigenvalue weighted by Gasteiger charge is -2.60. The quantitative estimate of drug-likeness (QED) is 0.377. The second-order valence-electron chi connectivity index (χ2n) is 10.8. The number of carbonyl (C=O) groups excluding carboxylic acids is 1. The second kappa shape index (κ2) is 9.86. The molecule has 2 aliphatic carbocycles. The van der Waals surface area contributed by atoms with Crippen molar-refractivity contribution in [3.63, 3.8) is 0 Å². The number of hydrogen-bond acceptors (Lipinski definition) is 7. The van der Waals surface area contributed by atoms with Crippen LogP contribution in [0.15, 0.2) is 42.0 Å². The number of allylic oxidation sites excluding steroid dienone is 1. The summed E-state index contributed by atoms with van der Waals surface area (Å²) < 4.78 is 16.1. The van der Waals surface area contributed by atoms with E-state index in [4.69, 9.17) is 14.2 Å². The molecule has 0 amide bonds. The number of hydrogen-bond donors (Lipinski definition) is 3. The number of nitrogens with one attached hydrogen (secondary N) is 1. The zero-order valence-electron chi connectivity index (χ0n) is 21.3. The first-order valence-electron chi connectivity index (χ1n) is 12.5. The minimum absolute atomic E-state index is 0.0432. The number of rotatable bonds is 8. The Morgan fingerprint density at radius 2 is 1.97 bits per heavy atom. The highest BCUT2D eigenvalue weighted by molar-refractivity contribution is 5.92. The van der Waals surface area contributed by atoms with E-state index in [9.17, 15) is 15.0 Å². The topological polar surface area (TPSA) is 97.2 Å². The van der Waals surface area contributed by atoms with Crippen molar-refractivity contribution in [3.8, 4) is 11.5 Å². The van der Waals surface area contributed by atoms with E-state index < -0.39 is 11.5 Å². The van der Waals surface area contributed by atoms with E-state index in [0.29, 0.717) is 29.9 Å². The van der Waals surface area contributed by atoms with Crippen LogP contribution < -0.4 is 14.8 Å². The normalized spacial score (nSPS) is 33.4. The highest BCUT2D eigenvalue weighted by Gasteiger charge is 2.58. The third kappa shape index (κ3) is 4.45. The van der Waals surface area contributed by atoms with E-state index in [1.165, 1.54) is 5.57 Å². The Balaban J connectivity index is 1.67. The standard InChI is InChI=1S/C28H39NO6/c1-17-6-9-24-27(2,12-10-25(31)28(24,3)16-30)20(17)15-21(19-11-13-35-26(19)32)29-18-7-8-22(33-4)23(14-18)34-5/h7-8,11,14,20-21,24-25,29-31H,1,6,9-10,12-13,15-16H2,2-5H3. The predicted molar refractivity (Wildman–Crippen MR) is 135 cm³/mol. The zero-order chi connectivity index (χ0) is 25.4. The highest BCUT2D eigenvalue weighted by atomic mass is 16.5. The van der Waals surface area contributed by atoms with Gasteiger partial charge in [0, 0.05) is 17.2 Å². The molecule has 2 fully saturated rings. The van der Waals surface area contributed by atoms with Gasteiger partial charge >= 0.3 is 5.97 Å². The van der Waals surface area contributed by atoms with Crippen LogP contribution in [0.1, 0.15) is 46.0 Å². The number of ether oxygens (including phenoxy) is 3. The molecule has 0 spiro atoms. The van der Waals surface area contributed by atoms with Crippen LogP contribution in [-0.4, -0.2) is 55.8 Å². The maximum atomic E-state index is 12.6. The SMILES string of the molecule is C=C1CCC2C(C)(CO)C(O)CCC2(C)C1CC(Nc1ccc(OC)c(OC)c1)C1=CCOC1=O. The Hall–Kier alpha value is -2.51. The molecule has 7 nitrogen and oxygen atoms in total. The van der Waals surface area contributed by atoms with Gasteiger partial charge in [0.05, 0.1) is 38.5 Å². The van der Waals surface area contributed by atoms with Crippen LogP contribution in [0.25, 0.3) is 0 Å². The maximum Gasteiger partial charge on any atom is 0.336 e. The Bertz CT molecular complexity index is 1010. The van der Waals surface area contributed by atoms with Crippen LogP contribution in [-0.2, 0) is 9.53 Å². The molecular formula is C28H39NO6. The van der Waals surface area contributed by atoms with Crippen molar-refractivity contribution >= 4 is 11.7 Å². The van der Waals surface area contributed by atoms with Crippen molar-refractivity contribution in [1.82, 2.24) is 0 Å². The van der Waals surface area contributed by atoms with Crippen LogP contribution in [0.4, 0.5) is 5.69 Å². The monoisotopic (exact) mass is 485 g/mol. The molecule has 7 heteroatoms. The van der Waals surface area contributed by atoms with Crippen molar-refractivity contribution in [1.29, 1.82) is 0 Å². The van der Waals surface area contributed by atoms with Crippen molar-refractivity contribution in [2.45, 2.75) is 58.1 Å². The highest BCUT2D eigenvalue weighted by Crippen LogP contribution is 2.62. The molecule has 1 heterocycles. The van der Waals surface area contributed by atoms with Gasteiger partial charge in [-0.2, -0.15) is 0 Å². The number of aliphatic hydroxyl groups excluding tert-OH is 2. The maximum absolute atomic E-state index is 12.6. The van der Waals surface area contributed by atoms with Crippen LogP contribution in [0, 0.1) is 22.7 Å². The summed E-state index contributed by atoms with van der Waals surface area (Å²) in [6, 6.07) is 5.33. The Morgan fingerprint density at radius 3 is 2.60 bits per heavy atom. The van der Waals surface area contributed by atoms with Gasteiger partial charge < -0.3 is 29.7 Å². The average Bonchev–Trinajstić information content (AvgIpc) is 3.28. The fraction of sp³-hybridized carbons (Fsp3) is 0.607. The summed E-state index contributed by atoms with van der Waals surface area (Å²) in [6.45, 7) is 8.98. The first-order valence-corrected chi connectivity index (χ1v) is 12.5. The largest absolute Gasteiger partial charge is 0.493 e. The van der Waals surface area contributed by atoms with Crippen LogP contribution in [0.2, 0.25) is 0 Å².